The highest BCUT2D eigenvalue weighted by molar-refractivity contribution is 7.93. The van der Waals surface area contributed by atoms with E-state index in [1.54, 1.807) is 26.8 Å². The smallest absolute Gasteiger partial charge is 0.264 e. The summed E-state index contributed by atoms with van der Waals surface area (Å²) >= 11 is 11.9. The molecule has 156 valence electrons. The topological polar surface area (TPSA) is 104 Å². The quantitative estimate of drug-likeness (QED) is 0.611. The van der Waals surface area contributed by atoms with Crippen molar-refractivity contribution in [1.29, 1.82) is 0 Å². The molecule has 0 unspecified atom stereocenters. The van der Waals surface area contributed by atoms with Gasteiger partial charge < -0.3 is 10.6 Å². The lowest BCUT2D eigenvalue weighted by Gasteiger charge is -2.17. The third kappa shape index (κ3) is 6.35. The number of rotatable bonds is 6. The van der Waals surface area contributed by atoms with Gasteiger partial charge in [0.05, 0.1) is 16.6 Å². The first-order chi connectivity index (χ1) is 13.4. The van der Waals surface area contributed by atoms with Gasteiger partial charge in [-0.05, 0) is 36.4 Å². The van der Waals surface area contributed by atoms with Crippen LogP contribution in [0.15, 0.2) is 47.4 Å². The van der Waals surface area contributed by atoms with Crippen molar-refractivity contribution in [2.24, 2.45) is 5.41 Å². The molecule has 0 saturated carbocycles. The molecule has 0 radical (unpaired) electrons. The van der Waals surface area contributed by atoms with E-state index in [4.69, 9.17) is 23.2 Å². The zero-order valence-corrected chi connectivity index (χ0v) is 18.4. The van der Waals surface area contributed by atoms with Gasteiger partial charge in [0.2, 0.25) is 11.8 Å². The second-order valence-corrected chi connectivity index (χ2v) is 9.65. The summed E-state index contributed by atoms with van der Waals surface area (Å²) < 4.78 is 27.5. The number of halogens is 2. The van der Waals surface area contributed by atoms with E-state index in [2.05, 4.69) is 15.4 Å². The predicted octanol–water partition coefficient (Wildman–Crippen LogP) is 3.90. The summed E-state index contributed by atoms with van der Waals surface area (Å²) in [5, 5.41) is 5.17. The molecule has 10 heteroatoms. The van der Waals surface area contributed by atoms with Crippen LogP contribution in [-0.4, -0.2) is 26.8 Å². The van der Waals surface area contributed by atoms with Crippen molar-refractivity contribution in [2.45, 2.75) is 25.7 Å². The zero-order chi connectivity index (χ0) is 21.8. The minimum Gasteiger partial charge on any atom is -0.347 e. The van der Waals surface area contributed by atoms with Crippen molar-refractivity contribution in [2.75, 3.05) is 16.6 Å². The summed E-state index contributed by atoms with van der Waals surface area (Å²) in [5.74, 6) is -0.644. The summed E-state index contributed by atoms with van der Waals surface area (Å²) in [5.41, 5.74) is 0.114. The lowest BCUT2D eigenvalue weighted by atomic mass is 9.96. The molecule has 0 fully saturated rings. The molecule has 2 amide bonds. The van der Waals surface area contributed by atoms with Gasteiger partial charge in [-0.15, -0.1) is 0 Å². The largest absolute Gasteiger partial charge is 0.347 e. The van der Waals surface area contributed by atoms with E-state index in [-0.39, 0.29) is 33.1 Å². The monoisotopic (exact) mass is 457 g/mol. The molecule has 2 aromatic rings. The van der Waals surface area contributed by atoms with E-state index in [0.29, 0.717) is 5.69 Å². The summed E-state index contributed by atoms with van der Waals surface area (Å²) in [6.45, 7) is 5.07. The first-order valence-electron chi connectivity index (χ1n) is 8.55. The Morgan fingerprint density at radius 1 is 0.931 bits per heavy atom. The molecular formula is C19H21Cl2N3O4S. The van der Waals surface area contributed by atoms with Gasteiger partial charge in [0.1, 0.15) is 4.90 Å². The minimum absolute atomic E-state index is 0.00573. The summed E-state index contributed by atoms with van der Waals surface area (Å²) in [6, 6.07) is 10.4. The number of hydrogen-bond acceptors (Lipinski definition) is 4. The number of nitrogens with one attached hydrogen (secondary N) is 3. The number of amides is 2. The second kappa shape index (κ2) is 9.02. The van der Waals surface area contributed by atoms with Crippen LogP contribution in [0.1, 0.15) is 20.8 Å². The Hall–Kier alpha value is -2.29. The molecule has 29 heavy (non-hydrogen) atoms. The van der Waals surface area contributed by atoms with Crippen LogP contribution in [0.3, 0.4) is 0 Å². The summed E-state index contributed by atoms with van der Waals surface area (Å²) in [4.78, 5) is 23.5. The Morgan fingerprint density at radius 2 is 1.45 bits per heavy atom. The maximum absolute atomic E-state index is 12.5. The van der Waals surface area contributed by atoms with Crippen LogP contribution in [0.2, 0.25) is 10.0 Å². The fourth-order valence-corrected chi connectivity index (χ4v) is 4.40. The van der Waals surface area contributed by atoms with Gasteiger partial charge in [-0.2, -0.15) is 0 Å². The lowest BCUT2D eigenvalue weighted by Crippen LogP contribution is -2.39. The van der Waals surface area contributed by atoms with Crippen LogP contribution < -0.4 is 15.4 Å². The highest BCUT2D eigenvalue weighted by Crippen LogP contribution is 2.30. The fraction of sp³-hybridized carbons (Fsp3) is 0.263. The molecule has 0 bridgehead atoms. The normalized spacial score (nSPS) is 11.6. The van der Waals surface area contributed by atoms with Gasteiger partial charge >= 0.3 is 0 Å². The second-order valence-electron chi connectivity index (χ2n) is 7.21. The number of sulfonamides is 1. The van der Waals surface area contributed by atoms with Gasteiger partial charge in [-0.3, -0.25) is 14.3 Å². The molecule has 3 N–H and O–H groups in total. The van der Waals surface area contributed by atoms with Crippen LogP contribution in [0.4, 0.5) is 11.4 Å². The van der Waals surface area contributed by atoms with Crippen LogP contribution in [0.5, 0.6) is 0 Å². The van der Waals surface area contributed by atoms with Crippen LogP contribution in [-0.2, 0) is 19.6 Å². The molecular weight excluding hydrogens is 437 g/mol. The highest BCUT2D eigenvalue weighted by Gasteiger charge is 2.22. The van der Waals surface area contributed by atoms with E-state index in [1.807, 2.05) is 0 Å². The molecule has 0 saturated heterocycles. The molecule has 0 aliphatic rings. The number of carbonyl (C=O) groups is 2. The summed E-state index contributed by atoms with van der Waals surface area (Å²) in [6.07, 6.45) is 0. The molecule has 0 aliphatic carbocycles. The van der Waals surface area contributed by atoms with E-state index in [0.717, 1.165) is 0 Å². The Balaban J connectivity index is 2.02. The van der Waals surface area contributed by atoms with Gasteiger partial charge in [0.15, 0.2) is 0 Å². The SMILES string of the molecule is CC(C)(C)C(=O)NCC(=O)Nc1ccc(NS(=O)(=O)c2c(Cl)cccc2Cl)cc1. The van der Waals surface area contributed by atoms with Crippen LogP contribution in [0, 0.1) is 5.41 Å². The number of carbonyl (C=O) groups excluding carboxylic acids is 2. The van der Waals surface area contributed by atoms with Crippen LogP contribution >= 0.6 is 23.2 Å². The van der Waals surface area contributed by atoms with Crippen LogP contribution in [0.25, 0.3) is 0 Å². The van der Waals surface area contributed by atoms with Crippen molar-refractivity contribution in [1.82, 2.24) is 5.32 Å². The maximum Gasteiger partial charge on any atom is 0.264 e. The molecule has 0 spiro atoms. The average molecular weight is 458 g/mol. The third-order valence-corrected chi connectivity index (χ3v) is 6.03. The average Bonchev–Trinajstić information content (AvgIpc) is 2.60. The Kier molecular flexibility index (Phi) is 7.15. The Bertz CT molecular complexity index is 996. The van der Waals surface area contributed by atoms with E-state index < -0.39 is 21.3 Å². The lowest BCUT2D eigenvalue weighted by molar-refractivity contribution is -0.130. The van der Waals surface area contributed by atoms with Gasteiger partial charge in [-0.25, -0.2) is 8.42 Å². The fourth-order valence-electron chi connectivity index (χ4n) is 2.20. The maximum atomic E-state index is 12.5. The van der Waals surface area contributed by atoms with Gasteiger partial charge in [-0.1, -0.05) is 50.0 Å². The molecule has 0 heterocycles. The number of benzene rings is 2. The molecule has 0 aromatic heterocycles. The van der Waals surface area contributed by atoms with Crippen molar-refractivity contribution in [3.05, 3.63) is 52.5 Å². The Morgan fingerprint density at radius 3 is 1.97 bits per heavy atom. The minimum atomic E-state index is -3.99. The van der Waals surface area contributed by atoms with Crippen molar-refractivity contribution < 1.29 is 18.0 Å². The molecule has 7 nitrogen and oxygen atoms in total. The number of hydrogen-bond donors (Lipinski definition) is 3. The highest BCUT2D eigenvalue weighted by atomic mass is 35.5. The first kappa shape index (κ1) is 23.0. The molecule has 2 aromatic carbocycles. The number of anilines is 2. The van der Waals surface area contributed by atoms with Gasteiger partial charge in [0, 0.05) is 16.8 Å². The van der Waals surface area contributed by atoms with E-state index >= 15 is 0 Å². The predicted molar refractivity (Wildman–Crippen MR) is 115 cm³/mol. The van der Waals surface area contributed by atoms with E-state index in [9.17, 15) is 18.0 Å². The first-order valence-corrected chi connectivity index (χ1v) is 10.8. The standard InChI is InChI=1S/C19H21Cl2N3O4S/c1-19(2,3)18(26)22-11-16(25)23-12-7-9-13(10-8-12)24-29(27,28)17-14(20)5-4-6-15(17)21/h4-10,24H,11H2,1-3H3,(H,22,26)(H,23,25). The van der Waals surface area contributed by atoms with Crippen molar-refractivity contribution >= 4 is 56.4 Å². The third-order valence-electron chi connectivity index (χ3n) is 3.70. The van der Waals surface area contributed by atoms with Gasteiger partial charge in [0.25, 0.3) is 10.0 Å². The Labute approximate surface area is 179 Å². The zero-order valence-electron chi connectivity index (χ0n) is 16.0. The van der Waals surface area contributed by atoms with E-state index in [1.165, 1.54) is 36.4 Å². The summed E-state index contributed by atoms with van der Waals surface area (Å²) in [7, 11) is -3.99. The van der Waals surface area contributed by atoms with Crippen molar-refractivity contribution in [3.8, 4) is 0 Å². The molecule has 2 rings (SSSR count). The molecule has 0 atom stereocenters. The van der Waals surface area contributed by atoms with Crippen molar-refractivity contribution in [3.63, 3.8) is 0 Å². The molecule has 0 aliphatic heterocycles.